The number of aromatic nitrogens is 2. The first-order valence-corrected chi connectivity index (χ1v) is 7.95. The van der Waals surface area contributed by atoms with E-state index < -0.39 is 0 Å². The molecule has 22 heavy (non-hydrogen) atoms. The molecule has 2 aromatic rings. The monoisotopic (exact) mass is 299 g/mol. The largest absolute Gasteiger partial charge is 0.396 e. The van der Waals surface area contributed by atoms with Gasteiger partial charge in [0.1, 0.15) is 0 Å². The molecule has 1 saturated carbocycles. The van der Waals surface area contributed by atoms with E-state index in [4.69, 9.17) is 5.73 Å². The number of nitrogens with zero attached hydrogens (tertiary/aromatic N) is 2. The van der Waals surface area contributed by atoms with E-state index in [0.717, 1.165) is 24.0 Å². The zero-order valence-electron chi connectivity index (χ0n) is 13.4. The van der Waals surface area contributed by atoms with Crippen LogP contribution < -0.4 is 5.73 Å². The molecule has 3 rings (SSSR count). The maximum absolute atomic E-state index is 9.36. The van der Waals surface area contributed by atoms with Crippen LogP contribution in [0.15, 0.2) is 36.7 Å². The first-order valence-electron chi connectivity index (χ1n) is 7.95. The van der Waals surface area contributed by atoms with Gasteiger partial charge in [0.05, 0.1) is 6.20 Å². The van der Waals surface area contributed by atoms with E-state index in [0.29, 0.717) is 6.54 Å². The van der Waals surface area contributed by atoms with Gasteiger partial charge in [-0.3, -0.25) is 4.68 Å². The third-order valence-electron chi connectivity index (χ3n) is 4.69. The van der Waals surface area contributed by atoms with Crippen molar-refractivity contribution in [2.45, 2.75) is 45.2 Å². The smallest absolute Gasteiger partial charge is 0.0568 e. The van der Waals surface area contributed by atoms with Crippen molar-refractivity contribution in [2.75, 3.05) is 6.61 Å². The predicted molar refractivity (Wildman–Crippen MR) is 88.2 cm³/mol. The molecule has 0 saturated heterocycles. The highest BCUT2D eigenvalue weighted by Crippen LogP contribution is 2.39. The van der Waals surface area contributed by atoms with Crippen LogP contribution >= 0.6 is 0 Å². The standard InChI is InChI=1S/C18H25N3O/c1-17(2,13-22)12-21-11-15(10-20-21)14-4-6-16(7-5-14)18(19)8-3-9-18/h4-7,10-11,22H,3,8-9,12-13,19H2,1-2H3. The van der Waals surface area contributed by atoms with E-state index in [1.54, 1.807) is 0 Å². The maximum atomic E-state index is 9.36. The summed E-state index contributed by atoms with van der Waals surface area (Å²) in [5.74, 6) is 0. The normalized spacial score (nSPS) is 17.3. The van der Waals surface area contributed by atoms with Crippen LogP contribution in [0.25, 0.3) is 11.1 Å². The fourth-order valence-corrected chi connectivity index (χ4v) is 2.93. The summed E-state index contributed by atoms with van der Waals surface area (Å²) in [6.07, 6.45) is 7.31. The third-order valence-corrected chi connectivity index (χ3v) is 4.69. The van der Waals surface area contributed by atoms with E-state index in [1.807, 2.05) is 30.9 Å². The highest BCUT2D eigenvalue weighted by atomic mass is 16.3. The molecule has 0 radical (unpaired) electrons. The highest BCUT2D eigenvalue weighted by Gasteiger charge is 2.34. The molecule has 0 spiro atoms. The van der Waals surface area contributed by atoms with Crippen LogP contribution in [0.1, 0.15) is 38.7 Å². The minimum atomic E-state index is -0.163. The second-order valence-electron chi connectivity index (χ2n) is 7.34. The molecule has 118 valence electrons. The van der Waals surface area contributed by atoms with Gasteiger partial charge in [-0.05, 0) is 30.4 Å². The Kier molecular flexibility index (Phi) is 3.83. The molecule has 1 aromatic heterocycles. The molecule has 0 atom stereocenters. The Labute approximate surface area is 132 Å². The average molecular weight is 299 g/mol. The van der Waals surface area contributed by atoms with Crippen molar-refractivity contribution >= 4 is 0 Å². The summed E-state index contributed by atoms with van der Waals surface area (Å²) in [6.45, 7) is 4.91. The lowest BCUT2D eigenvalue weighted by atomic mass is 9.72. The van der Waals surface area contributed by atoms with Gasteiger partial charge in [-0.15, -0.1) is 0 Å². The molecule has 3 N–H and O–H groups in total. The Morgan fingerprint density at radius 3 is 2.45 bits per heavy atom. The summed E-state index contributed by atoms with van der Waals surface area (Å²) >= 11 is 0. The van der Waals surface area contributed by atoms with Gasteiger partial charge in [0, 0.05) is 35.9 Å². The van der Waals surface area contributed by atoms with Crippen molar-refractivity contribution in [3.63, 3.8) is 0 Å². The first kappa shape index (κ1) is 15.3. The molecule has 0 unspecified atom stereocenters. The van der Waals surface area contributed by atoms with Crippen molar-refractivity contribution in [1.82, 2.24) is 9.78 Å². The van der Waals surface area contributed by atoms with Crippen molar-refractivity contribution in [1.29, 1.82) is 0 Å². The Morgan fingerprint density at radius 1 is 1.23 bits per heavy atom. The Morgan fingerprint density at radius 2 is 1.91 bits per heavy atom. The molecule has 1 heterocycles. The fourth-order valence-electron chi connectivity index (χ4n) is 2.93. The van der Waals surface area contributed by atoms with E-state index >= 15 is 0 Å². The molecule has 1 aliphatic carbocycles. The van der Waals surface area contributed by atoms with E-state index in [1.165, 1.54) is 12.0 Å². The van der Waals surface area contributed by atoms with E-state index in [2.05, 4.69) is 29.4 Å². The molecular weight excluding hydrogens is 274 g/mol. The molecule has 4 nitrogen and oxygen atoms in total. The highest BCUT2D eigenvalue weighted by molar-refractivity contribution is 5.62. The number of hydrogen-bond donors (Lipinski definition) is 2. The van der Waals surface area contributed by atoms with Crippen molar-refractivity contribution < 1.29 is 5.11 Å². The van der Waals surface area contributed by atoms with Gasteiger partial charge in [0.2, 0.25) is 0 Å². The van der Waals surface area contributed by atoms with Gasteiger partial charge in [-0.25, -0.2) is 0 Å². The second-order valence-corrected chi connectivity index (χ2v) is 7.34. The molecule has 0 bridgehead atoms. The van der Waals surface area contributed by atoms with Crippen LogP contribution in [0.2, 0.25) is 0 Å². The molecule has 1 fully saturated rings. The van der Waals surface area contributed by atoms with Gasteiger partial charge in [-0.1, -0.05) is 38.1 Å². The van der Waals surface area contributed by atoms with Crippen LogP contribution in [-0.4, -0.2) is 21.5 Å². The second kappa shape index (κ2) is 5.52. The van der Waals surface area contributed by atoms with Crippen LogP contribution in [-0.2, 0) is 12.1 Å². The van der Waals surface area contributed by atoms with Gasteiger partial charge in [-0.2, -0.15) is 5.10 Å². The number of hydrogen-bond acceptors (Lipinski definition) is 3. The lowest BCUT2D eigenvalue weighted by molar-refractivity contribution is 0.136. The summed E-state index contributed by atoms with van der Waals surface area (Å²) in [4.78, 5) is 0. The summed E-state index contributed by atoms with van der Waals surface area (Å²) in [5, 5.41) is 13.8. The van der Waals surface area contributed by atoms with Crippen LogP contribution in [0.4, 0.5) is 0 Å². The third kappa shape index (κ3) is 2.94. The predicted octanol–water partition coefficient (Wildman–Crippen LogP) is 2.91. The topological polar surface area (TPSA) is 64.1 Å². The summed E-state index contributed by atoms with van der Waals surface area (Å²) in [6, 6.07) is 8.54. The lowest BCUT2D eigenvalue weighted by Crippen LogP contribution is -2.43. The Bertz CT molecular complexity index is 639. The molecular formula is C18H25N3O. The zero-order valence-corrected chi connectivity index (χ0v) is 13.4. The van der Waals surface area contributed by atoms with Crippen molar-refractivity contribution in [3.05, 3.63) is 42.2 Å². The van der Waals surface area contributed by atoms with Gasteiger partial charge < -0.3 is 10.8 Å². The van der Waals surface area contributed by atoms with Crippen LogP contribution in [0.3, 0.4) is 0 Å². The summed E-state index contributed by atoms with van der Waals surface area (Å²) in [5.41, 5.74) is 9.58. The minimum Gasteiger partial charge on any atom is -0.396 e. The van der Waals surface area contributed by atoms with Gasteiger partial charge >= 0.3 is 0 Å². The van der Waals surface area contributed by atoms with Gasteiger partial charge in [0.25, 0.3) is 0 Å². The number of aliphatic hydroxyl groups excluding tert-OH is 1. The summed E-state index contributed by atoms with van der Waals surface area (Å²) < 4.78 is 1.90. The fraction of sp³-hybridized carbons (Fsp3) is 0.500. The lowest BCUT2D eigenvalue weighted by Gasteiger charge is -2.38. The van der Waals surface area contributed by atoms with E-state index in [9.17, 15) is 5.11 Å². The van der Waals surface area contributed by atoms with Crippen molar-refractivity contribution in [3.8, 4) is 11.1 Å². The molecule has 0 aliphatic heterocycles. The van der Waals surface area contributed by atoms with Gasteiger partial charge in [0.15, 0.2) is 0 Å². The Balaban J connectivity index is 1.76. The van der Waals surface area contributed by atoms with Crippen molar-refractivity contribution in [2.24, 2.45) is 11.1 Å². The van der Waals surface area contributed by atoms with Crippen LogP contribution in [0.5, 0.6) is 0 Å². The molecule has 4 heteroatoms. The quantitative estimate of drug-likeness (QED) is 0.892. The number of nitrogens with two attached hydrogens (primary N) is 1. The number of benzene rings is 1. The minimum absolute atomic E-state index is 0.103. The first-order chi connectivity index (χ1) is 10.4. The molecule has 0 amide bonds. The Hall–Kier alpha value is -1.65. The molecule has 1 aromatic carbocycles. The molecule has 1 aliphatic rings. The zero-order chi connectivity index (χ0) is 15.8. The summed E-state index contributed by atoms with van der Waals surface area (Å²) in [7, 11) is 0. The van der Waals surface area contributed by atoms with Crippen LogP contribution in [0, 0.1) is 5.41 Å². The van der Waals surface area contributed by atoms with E-state index in [-0.39, 0.29) is 17.6 Å². The average Bonchev–Trinajstić information content (AvgIpc) is 2.93. The number of rotatable bonds is 5. The number of aliphatic hydroxyl groups is 1. The maximum Gasteiger partial charge on any atom is 0.0568 e. The SMILES string of the molecule is CC(C)(CO)Cn1cc(-c2ccc(C3(N)CCC3)cc2)cn1.